The van der Waals surface area contributed by atoms with Crippen LogP contribution < -0.4 is 0 Å². The highest BCUT2D eigenvalue weighted by Crippen LogP contribution is 2.02. The Bertz CT molecular complexity index is 136. The van der Waals surface area contributed by atoms with E-state index in [1.165, 1.54) is 5.54 Å². The van der Waals surface area contributed by atoms with Gasteiger partial charge in [-0.2, -0.15) is 0 Å². The van der Waals surface area contributed by atoms with Crippen LogP contribution >= 0.6 is 11.6 Å². The lowest BCUT2D eigenvalue weighted by Crippen LogP contribution is -1.70. The predicted octanol–water partition coefficient (Wildman–Crippen LogP) is 2.73. The average Bonchev–Trinajstić information content (AvgIpc) is 1.88. The second-order valence-corrected chi connectivity index (χ2v) is 1.78. The average molecular weight is 144 g/mol. The number of rotatable bonds is 3. The van der Waals surface area contributed by atoms with Gasteiger partial charge < -0.3 is 0 Å². The molecular weight excluding hydrogens is 134 g/mol. The van der Waals surface area contributed by atoms with Crippen LogP contribution in [-0.2, 0) is 0 Å². The summed E-state index contributed by atoms with van der Waals surface area (Å²) in [6.07, 6.45) is 4.43. The topological polar surface area (TPSA) is 12.4 Å². The third-order valence-electron chi connectivity index (χ3n) is 0.942. The van der Waals surface area contributed by atoms with E-state index in [2.05, 4.69) is 11.7 Å². The molecule has 0 amide bonds. The second-order valence-electron chi connectivity index (χ2n) is 1.53. The van der Waals surface area contributed by atoms with E-state index in [0.717, 1.165) is 12.0 Å². The number of hydrogen-bond acceptors (Lipinski definition) is 1. The van der Waals surface area contributed by atoms with Gasteiger partial charge >= 0.3 is 0 Å². The Morgan fingerprint density at radius 2 is 2.44 bits per heavy atom. The number of allylic oxidation sites excluding steroid dienone is 2. The summed E-state index contributed by atoms with van der Waals surface area (Å²) in [6.45, 7) is 5.36. The molecule has 0 aromatic carbocycles. The highest BCUT2D eigenvalue weighted by molar-refractivity contribution is 6.25. The van der Waals surface area contributed by atoms with Gasteiger partial charge in [-0.15, -0.1) is 0 Å². The molecule has 0 heterocycles. The molecule has 0 aliphatic heterocycles. The van der Waals surface area contributed by atoms with Gasteiger partial charge in [0.15, 0.2) is 0 Å². The fourth-order valence-electron chi connectivity index (χ4n) is 0.450. The van der Waals surface area contributed by atoms with E-state index >= 15 is 0 Å². The van der Waals surface area contributed by atoms with Gasteiger partial charge in [0.25, 0.3) is 0 Å². The van der Waals surface area contributed by atoms with Crippen molar-refractivity contribution in [2.75, 3.05) is 0 Å². The van der Waals surface area contributed by atoms with Crippen molar-refractivity contribution in [2.24, 2.45) is 4.99 Å². The molecule has 0 aromatic rings. The van der Waals surface area contributed by atoms with Crippen LogP contribution in [0.25, 0.3) is 0 Å². The molecule has 50 valence electrons. The van der Waals surface area contributed by atoms with Gasteiger partial charge in [0, 0.05) is 11.7 Å². The summed E-state index contributed by atoms with van der Waals surface area (Å²) in [6, 6.07) is 0. The van der Waals surface area contributed by atoms with Crippen LogP contribution in [0.15, 0.2) is 28.4 Å². The van der Waals surface area contributed by atoms with Gasteiger partial charge in [0.2, 0.25) is 0 Å². The van der Waals surface area contributed by atoms with Crippen LogP contribution in [0.4, 0.5) is 0 Å². The van der Waals surface area contributed by atoms with Gasteiger partial charge in [0.1, 0.15) is 0 Å². The largest absolute Gasteiger partial charge is 0.272 e. The van der Waals surface area contributed by atoms with Crippen molar-refractivity contribution in [3.63, 3.8) is 0 Å². The third kappa shape index (κ3) is 3.98. The van der Waals surface area contributed by atoms with E-state index in [4.69, 9.17) is 11.6 Å². The van der Waals surface area contributed by atoms with Crippen molar-refractivity contribution in [3.8, 4) is 0 Å². The van der Waals surface area contributed by atoms with E-state index in [1.807, 2.05) is 6.92 Å². The lowest BCUT2D eigenvalue weighted by Gasteiger charge is -1.89. The minimum atomic E-state index is 0.933. The Kier molecular flexibility index (Phi) is 5.23. The molecule has 1 nitrogen and oxygen atoms in total. The standard InChI is InChI=1S/C7H10ClN/c1-3-7(4-5-8)6-9-2/h4-6H,2-3H2,1H3/b5-4+,7-6-. The van der Waals surface area contributed by atoms with Crippen LogP contribution in [0.3, 0.4) is 0 Å². The van der Waals surface area contributed by atoms with Crippen molar-refractivity contribution in [1.82, 2.24) is 0 Å². The zero-order valence-corrected chi connectivity index (χ0v) is 6.23. The van der Waals surface area contributed by atoms with Gasteiger partial charge in [-0.25, -0.2) is 0 Å². The SMILES string of the molecule is C=N/C=C(\C=C\Cl)CC. The summed E-state index contributed by atoms with van der Waals surface area (Å²) in [7, 11) is 0. The lowest BCUT2D eigenvalue weighted by atomic mass is 10.2. The van der Waals surface area contributed by atoms with Crippen molar-refractivity contribution in [3.05, 3.63) is 23.4 Å². The van der Waals surface area contributed by atoms with E-state index in [-0.39, 0.29) is 0 Å². The predicted molar refractivity (Wildman–Crippen MR) is 42.9 cm³/mol. The molecule has 2 heteroatoms. The Morgan fingerprint density at radius 3 is 2.78 bits per heavy atom. The first-order chi connectivity index (χ1) is 4.35. The summed E-state index contributed by atoms with van der Waals surface area (Å²) in [5.41, 5.74) is 2.56. The van der Waals surface area contributed by atoms with Gasteiger partial charge in [-0.05, 0) is 24.8 Å². The second kappa shape index (κ2) is 5.57. The molecule has 0 aliphatic rings. The van der Waals surface area contributed by atoms with E-state index in [1.54, 1.807) is 12.3 Å². The summed E-state index contributed by atoms with van der Waals surface area (Å²) in [4.78, 5) is 3.60. The maximum absolute atomic E-state index is 5.33. The molecule has 0 saturated carbocycles. The molecule has 9 heavy (non-hydrogen) atoms. The first kappa shape index (κ1) is 8.44. The number of hydrogen-bond donors (Lipinski definition) is 0. The molecule has 0 radical (unpaired) electrons. The molecule has 0 bridgehead atoms. The van der Waals surface area contributed by atoms with Gasteiger partial charge in [-0.1, -0.05) is 18.5 Å². The van der Waals surface area contributed by atoms with Crippen LogP contribution in [0.5, 0.6) is 0 Å². The maximum atomic E-state index is 5.33. The number of halogens is 1. The van der Waals surface area contributed by atoms with Crippen LogP contribution in [0, 0.1) is 0 Å². The summed E-state index contributed by atoms with van der Waals surface area (Å²) in [5, 5.41) is 0. The van der Waals surface area contributed by atoms with Gasteiger partial charge in [0.05, 0.1) is 0 Å². The lowest BCUT2D eigenvalue weighted by molar-refractivity contribution is 1.14. The minimum Gasteiger partial charge on any atom is -0.272 e. The van der Waals surface area contributed by atoms with Crippen molar-refractivity contribution < 1.29 is 0 Å². The summed E-state index contributed by atoms with van der Waals surface area (Å²) in [5.74, 6) is 0. The number of nitrogens with zero attached hydrogens (tertiary/aromatic N) is 1. The third-order valence-corrected chi connectivity index (χ3v) is 1.07. The molecule has 0 aliphatic carbocycles. The van der Waals surface area contributed by atoms with Crippen molar-refractivity contribution in [1.29, 1.82) is 0 Å². The monoisotopic (exact) mass is 143 g/mol. The first-order valence-corrected chi connectivity index (χ1v) is 3.20. The van der Waals surface area contributed by atoms with Crippen molar-refractivity contribution >= 4 is 18.3 Å². The van der Waals surface area contributed by atoms with Crippen LogP contribution in [0.1, 0.15) is 13.3 Å². The Morgan fingerprint density at radius 1 is 1.78 bits per heavy atom. The molecule has 0 atom stereocenters. The molecule has 0 unspecified atom stereocenters. The highest BCUT2D eigenvalue weighted by atomic mass is 35.5. The molecule has 0 rings (SSSR count). The normalized spacial score (nSPS) is 12.4. The minimum absolute atomic E-state index is 0.933. The van der Waals surface area contributed by atoms with Crippen LogP contribution in [0.2, 0.25) is 0 Å². The number of aliphatic imine (C=N–C) groups is 1. The maximum Gasteiger partial charge on any atom is 0.0292 e. The molecule has 0 aromatic heterocycles. The zero-order chi connectivity index (χ0) is 7.11. The van der Waals surface area contributed by atoms with Gasteiger partial charge in [-0.3, -0.25) is 4.99 Å². The van der Waals surface area contributed by atoms with Crippen LogP contribution in [-0.4, -0.2) is 6.72 Å². The molecule has 0 N–H and O–H groups in total. The Balaban J connectivity index is 3.96. The summed E-state index contributed by atoms with van der Waals surface area (Å²) < 4.78 is 0. The Labute approximate surface area is 60.7 Å². The Hall–Kier alpha value is -0.560. The van der Waals surface area contributed by atoms with Crippen molar-refractivity contribution in [2.45, 2.75) is 13.3 Å². The first-order valence-electron chi connectivity index (χ1n) is 2.76. The molecule has 0 spiro atoms. The smallest absolute Gasteiger partial charge is 0.0292 e. The fourth-order valence-corrected chi connectivity index (χ4v) is 0.612. The molecular formula is C7H10ClN. The van der Waals surface area contributed by atoms with E-state index in [9.17, 15) is 0 Å². The molecule has 0 saturated heterocycles. The quantitative estimate of drug-likeness (QED) is 0.426. The molecule has 0 fully saturated rings. The zero-order valence-electron chi connectivity index (χ0n) is 5.47. The highest BCUT2D eigenvalue weighted by Gasteiger charge is 1.82. The van der Waals surface area contributed by atoms with E-state index < -0.39 is 0 Å². The summed E-state index contributed by atoms with van der Waals surface area (Å²) >= 11 is 5.33. The van der Waals surface area contributed by atoms with E-state index in [0.29, 0.717) is 0 Å². The fraction of sp³-hybridized carbons (Fsp3) is 0.286.